The number of aryl methyl sites for hydroxylation is 2. The molecule has 0 N–H and O–H groups in total. The molecule has 2 aromatic rings. The zero-order valence-electron chi connectivity index (χ0n) is 10.5. The maximum absolute atomic E-state index is 13.8. The van der Waals surface area contributed by atoms with Gasteiger partial charge in [-0.05, 0) is 31.0 Å². The number of alkyl halides is 1. The molecular formula is C14H16BrFN2. The first-order chi connectivity index (χ1) is 8.61. The Hall–Kier alpha value is -1.16. The van der Waals surface area contributed by atoms with E-state index in [0.717, 1.165) is 28.7 Å². The third-order valence-corrected chi connectivity index (χ3v) is 3.87. The standard InChI is InChI=1S/C14H16BrFN2/c1-10-7-12(18(2)17-10)8-11(9-15)13-5-3-4-6-14(13)16/h3-7,11H,8-9H2,1-2H3. The molecule has 18 heavy (non-hydrogen) atoms. The molecule has 0 aliphatic heterocycles. The second-order valence-electron chi connectivity index (χ2n) is 4.48. The van der Waals surface area contributed by atoms with Crippen molar-refractivity contribution in [3.05, 3.63) is 53.1 Å². The normalized spacial score (nSPS) is 12.7. The summed E-state index contributed by atoms with van der Waals surface area (Å²) in [7, 11) is 1.93. The van der Waals surface area contributed by atoms with Crippen molar-refractivity contribution >= 4 is 15.9 Å². The summed E-state index contributed by atoms with van der Waals surface area (Å²) in [6, 6.07) is 9.02. The SMILES string of the molecule is Cc1cc(CC(CBr)c2ccccc2F)n(C)n1. The lowest BCUT2D eigenvalue weighted by Crippen LogP contribution is -2.09. The van der Waals surface area contributed by atoms with Crippen molar-refractivity contribution in [1.29, 1.82) is 0 Å². The van der Waals surface area contributed by atoms with Crippen LogP contribution in [0, 0.1) is 12.7 Å². The van der Waals surface area contributed by atoms with Crippen molar-refractivity contribution in [1.82, 2.24) is 9.78 Å². The Morgan fingerprint density at radius 2 is 2.11 bits per heavy atom. The Morgan fingerprint density at radius 1 is 1.39 bits per heavy atom. The highest BCUT2D eigenvalue weighted by molar-refractivity contribution is 9.09. The second kappa shape index (κ2) is 5.65. The van der Waals surface area contributed by atoms with Gasteiger partial charge in [-0.15, -0.1) is 0 Å². The third kappa shape index (κ3) is 2.80. The highest BCUT2D eigenvalue weighted by Gasteiger charge is 2.16. The Balaban J connectivity index is 2.25. The lowest BCUT2D eigenvalue weighted by atomic mass is 9.95. The molecule has 1 unspecified atom stereocenters. The molecule has 0 saturated carbocycles. The van der Waals surface area contributed by atoms with Crippen LogP contribution in [-0.2, 0) is 13.5 Å². The highest BCUT2D eigenvalue weighted by Crippen LogP contribution is 2.25. The topological polar surface area (TPSA) is 17.8 Å². The van der Waals surface area contributed by atoms with Gasteiger partial charge in [-0.3, -0.25) is 4.68 Å². The first-order valence-electron chi connectivity index (χ1n) is 5.91. The molecule has 1 heterocycles. The van der Waals surface area contributed by atoms with E-state index in [-0.39, 0.29) is 11.7 Å². The van der Waals surface area contributed by atoms with Gasteiger partial charge in [0.05, 0.1) is 5.69 Å². The van der Waals surface area contributed by atoms with Gasteiger partial charge in [0.2, 0.25) is 0 Å². The molecular weight excluding hydrogens is 295 g/mol. The summed E-state index contributed by atoms with van der Waals surface area (Å²) in [6.07, 6.45) is 0.781. The molecule has 0 saturated heterocycles. The summed E-state index contributed by atoms with van der Waals surface area (Å²) in [4.78, 5) is 0. The van der Waals surface area contributed by atoms with Crippen molar-refractivity contribution < 1.29 is 4.39 Å². The van der Waals surface area contributed by atoms with Crippen LogP contribution < -0.4 is 0 Å². The van der Waals surface area contributed by atoms with Crippen LogP contribution in [0.5, 0.6) is 0 Å². The molecule has 0 spiro atoms. The van der Waals surface area contributed by atoms with Crippen LogP contribution in [-0.4, -0.2) is 15.1 Å². The van der Waals surface area contributed by atoms with Crippen LogP contribution in [0.3, 0.4) is 0 Å². The van der Waals surface area contributed by atoms with Crippen molar-refractivity contribution in [2.75, 3.05) is 5.33 Å². The monoisotopic (exact) mass is 310 g/mol. The first kappa shape index (κ1) is 13.3. The average molecular weight is 311 g/mol. The van der Waals surface area contributed by atoms with Gasteiger partial charge in [0.25, 0.3) is 0 Å². The molecule has 1 atom stereocenters. The minimum absolute atomic E-state index is 0.126. The van der Waals surface area contributed by atoms with Crippen molar-refractivity contribution in [2.24, 2.45) is 7.05 Å². The number of rotatable bonds is 4. The van der Waals surface area contributed by atoms with E-state index < -0.39 is 0 Å². The number of hydrogen-bond donors (Lipinski definition) is 0. The molecule has 2 nitrogen and oxygen atoms in total. The Labute approximate surface area is 115 Å². The minimum Gasteiger partial charge on any atom is -0.272 e. The number of halogens is 2. The van der Waals surface area contributed by atoms with Gasteiger partial charge >= 0.3 is 0 Å². The average Bonchev–Trinajstić information content (AvgIpc) is 2.66. The lowest BCUT2D eigenvalue weighted by molar-refractivity contribution is 0.581. The van der Waals surface area contributed by atoms with Gasteiger partial charge in [-0.25, -0.2) is 4.39 Å². The van der Waals surface area contributed by atoms with E-state index in [9.17, 15) is 4.39 Å². The van der Waals surface area contributed by atoms with Gasteiger partial charge in [-0.1, -0.05) is 34.1 Å². The fraction of sp³-hybridized carbons (Fsp3) is 0.357. The largest absolute Gasteiger partial charge is 0.272 e. The molecule has 0 fully saturated rings. The maximum Gasteiger partial charge on any atom is 0.126 e. The van der Waals surface area contributed by atoms with E-state index in [2.05, 4.69) is 27.1 Å². The zero-order valence-corrected chi connectivity index (χ0v) is 12.1. The van der Waals surface area contributed by atoms with Gasteiger partial charge in [0.1, 0.15) is 5.82 Å². The van der Waals surface area contributed by atoms with E-state index in [1.807, 2.05) is 30.8 Å². The lowest BCUT2D eigenvalue weighted by Gasteiger charge is -2.15. The van der Waals surface area contributed by atoms with E-state index in [0.29, 0.717) is 0 Å². The summed E-state index contributed by atoms with van der Waals surface area (Å²) in [5.74, 6) is -0.0122. The van der Waals surface area contributed by atoms with Crippen LogP contribution in [0.25, 0.3) is 0 Å². The Bertz CT molecular complexity index is 536. The molecule has 1 aromatic heterocycles. The predicted octanol–water partition coefficient (Wildman–Crippen LogP) is 3.59. The van der Waals surface area contributed by atoms with Crippen molar-refractivity contribution in [2.45, 2.75) is 19.3 Å². The molecule has 0 radical (unpaired) electrons. The quantitative estimate of drug-likeness (QED) is 0.789. The Kier molecular flexibility index (Phi) is 4.17. The van der Waals surface area contributed by atoms with Crippen molar-refractivity contribution in [3.8, 4) is 0 Å². The molecule has 96 valence electrons. The Morgan fingerprint density at radius 3 is 2.67 bits per heavy atom. The number of aromatic nitrogens is 2. The van der Waals surface area contributed by atoms with E-state index in [1.54, 1.807) is 6.07 Å². The summed E-state index contributed by atoms with van der Waals surface area (Å²) < 4.78 is 15.7. The maximum atomic E-state index is 13.8. The van der Waals surface area contributed by atoms with Crippen LogP contribution in [0.1, 0.15) is 22.9 Å². The predicted molar refractivity (Wildman–Crippen MR) is 74.6 cm³/mol. The van der Waals surface area contributed by atoms with Gasteiger partial charge in [0.15, 0.2) is 0 Å². The van der Waals surface area contributed by atoms with Crippen molar-refractivity contribution in [3.63, 3.8) is 0 Å². The molecule has 1 aromatic carbocycles. The molecule has 0 bridgehead atoms. The summed E-state index contributed by atoms with van der Waals surface area (Å²) >= 11 is 3.48. The third-order valence-electron chi connectivity index (χ3n) is 3.09. The first-order valence-corrected chi connectivity index (χ1v) is 7.04. The molecule has 0 aliphatic rings. The molecule has 0 amide bonds. The summed E-state index contributed by atoms with van der Waals surface area (Å²) in [5.41, 5.74) is 2.88. The van der Waals surface area contributed by atoms with Crippen LogP contribution in [0.15, 0.2) is 30.3 Å². The van der Waals surface area contributed by atoms with Gasteiger partial charge < -0.3 is 0 Å². The van der Waals surface area contributed by atoms with Gasteiger partial charge in [-0.2, -0.15) is 5.10 Å². The van der Waals surface area contributed by atoms with Crippen LogP contribution in [0.2, 0.25) is 0 Å². The fourth-order valence-electron chi connectivity index (χ4n) is 2.16. The highest BCUT2D eigenvalue weighted by atomic mass is 79.9. The zero-order chi connectivity index (χ0) is 13.1. The fourth-order valence-corrected chi connectivity index (χ4v) is 2.74. The summed E-state index contributed by atoms with van der Waals surface area (Å²) in [5, 5.41) is 5.06. The van der Waals surface area contributed by atoms with Crippen LogP contribution in [0.4, 0.5) is 4.39 Å². The minimum atomic E-state index is -0.138. The van der Waals surface area contributed by atoms with E-state index >= 15 is 0 Å². The molecule has 2 rings (SSSR count). The van der Waals surface area contributed by atoms with E-state index in [1.165, 1.54) is 6.07 Å². The van der Waals surface area contributed by atoms with Crippen LogP contribution >= 0.6 is 15.9 Å². The summed E-state index contributed by atoms with van der Waals surface area (Å²) in [6.45, 7) is 1.97. The number of hydrogen-bond acceptors (Lipinski definition) is 1. The van der Waals surface area contributed by atoms with E-state index in [4.69, 9.17) is 0 Å². The number of nitrogens with zero attached hydrogens (tertiary/aromatic N) is 2. The molecule has 4 heteroatoms. The second-order valence-corrected chi connectivity index (χ2v) is 5.13. The molecule has 0 aliphatic carbocycles. The number of benzene rings is 1. The van der Waals surface area contributed by atoms with Gasteiger partial charge in [0, 0.05) is 24.0 Å². The smallest absolute Gasteiger partial charge is 0.126 e.